The molecule has 0 aliphatic carbocycles. The van der Waals surface area contributed by atoms with Crippen molar-refractivity contribution in [3.05, 3.63) is 41.0 Å². The van der Waals surface area contributed by atoms with Gasteiger partial charge in [-0.25, -0.2) is 15.0 Å². The number of pyridine rings is 1. The summed E-state index contributed by atoms with van der Waals surface area (Å²) >= 11 is 13.5. The first-order valence-electron chi connectivity index (χ1n) is 12.7. The Morgan fingerprint density at radius 2 is 1.80 bits per heavy atom. The van der Waals surface area contributed by atoms with Crippen LogP contribution in [0.15, 0.2) is 31.0 Å². The molecule has 0 radical (unpaired) electrons. The average molecular weight is 588 g/mol. The fourth-order valence-electron chi connectivity index (χ4n) is 4.75. The van der Waals surface area contributed by atoms with Crippen molar-refractivity contribution >= 4 is 51.8 Å². The molecule has 0 bridgehead atoms. The van der Waals surface area contributed by atoms with Crippen LogP contribution in [0.3, 0.4) is 0 Å². The lowest BCUT2D eigenvalue weighted by atomic mass is 10.1. The molecule has 0 unspecified atom stereocenters. The smallest absolute Gasteiger partial charge is 0.243 e. The van der Waals surface area contributed by atoms with Gasteiger partial charge in [-0.1, -0.05) is 29.8 Å². The lowest BCUT2D eigenvalue weighted by Crippen LogP contribution is -2.57. The Kier molecular flexibility index (Phi) is 8.18. The van der Waals surface area contributed by atoms with Crippen LogP contribution in [-0.2, 0) is 9.53 Å². The van der Waals surface area contributed by atoms with Gasteiger partial charge in [-0.2, -0.15) is 0 Å². The summed E-state index contributed by atoms with van der Waals surface area (Å²) in [5.74, 6) is 1.67. The minimum atomic E-state index is -0.263. The minimum absolute atomic E-state index is 0.207. The Balaban J connectivity index is 1.57. The van der Waals surface area contributed by atoms with Crippen LogP contribution in [0, 0.1) is 0 Å². The van der Waals surface area contributed by atoms with Crippen LogP contribution < -0.4 is 25.0 Å². The number of fused-ring (bicyclic) bond motifs is 1. The van der Waals surface area contributed by atoms with Crippen LogP contribution >= 0.6 is 23.2 Å². The van der Waals surface area contributed by atoms with E-state index in [-0.39, 0.29) is 18.0 Å². The second-order valence-electron chi connectivity index (χ2n) is 9.88. The number of hydrogen-bond donors (Lipinski definition) is 2. The van der Waals surface area contributed by atoms with Crippen LogP contribution in [0.5, 0.6) is 11.5 Å². The molecule has 2 atom stereocenters. The van der Waals surface area contributed by atoms with Crippen LogP contribution in [0.1, 0.15) is 0 Å². The number of nitrogens with zero attached hydrogens (tertiary/aromatic N) is 5. The maximum Gasteiger partial charge on any atom is 0.243 e. The van der Waals surface area contributed by atoms with Crippen LogP contribution in [0.2, 0.25) is 10.0 Å². The van der Waals surface area contributed by atoms with Gasteiger partial charge >= 0.3 is 0 Å². The van der Waals surface area contributed by atoms with E-state index in [2.05, 4.69) is 46.1 Å². The number of ether oxygens (including phenoxy) is 3. The van der Waals surface area contributed by atoms with Crippen molar-refractivity contribution in [2.75, 3.05) is 64.8 Å². The number of halogens is 2. The van der Waals surface area contributed by atoms with E-state index in [4.69, 9.17) is 47.4 Å². The molecule has 2 aromatic heterocycles. The van der Waals surface area contributed by atoms with Gasteiger partial charge in [0.25, 0.3) is 0 Å². The van der Waals surface area contributed by atoms with Crippen LogP contribution in [0.25, 0.3) is 22.2 Å². The molecule has 2 fully saturated rings. The topological polar surface area (TPSA) is 114 Å². The van der Waals surface area contributed by atoms with Gasteiger partial charge in [-0.05, 0) is 26.2 Å². The number of carbonyl (C=O) groups is 1. The third-order valence-corrected chi connectivity index (χ3v) is 7.93. The summed E-state index contributed by atoms with van der Waals surface area (Å²) in [5, 5.41) is 7.61. The molecule has 2 N–H and O–H groups in total. The number of hydrogen-bond acceptors (Lipinski definition) is 10. The summed E-state index contributed by atoms with van der Waals surface area (Å²) in [4.78, 5) is 30.6. The second kappa shape index (κ2) is 11.6. The molecule has 4 heterocycles. The molecular weight excluding hydrogens is 557 g/mol. The summed E-state index contributed by atoms with van der Waals surface area (Å²) in [6.45, 7) is 5.86. The highest BCUT2D eigenvalue weighted by molar-refractivity contribution is 6.41. The van der Waals surface area contributed by atoms with Crippen LogP contribution in [0.4, 0.5) is 11.8 Å². The van der Waals surface area contributed by atoms with Crippen molar-refractivity contribution in [3.63, 3.8) is 0 Å². The largest absolute Gasteiger partial charge is 0.495 e. The average Bonchev–Trinajstić information content (AvgIpc) is 3.34. The van der Waals surface area contributed by atoms with Gasteiger partial charge in [0.2, 0.25) is 11.9 Å². The lowest BCUT2D eigenvalue weighted by Gasteiger charge is -2.43. The van der Waals surface area contributed by atoms with E-state index in [1.165, 1.54) is 20.3 Å². The molecular formula is C27H31Cl2N7O4. The van der Waals surface area contributed by atoms with E-state index in [1.54, 1.807) is 12.3 Å². The number of aromatic nitrogens is 3. The quantitative estimate of drug-likeness (QED) is 0.361. The monoisotopic (exact) mass is 587 g/mol. The maximum absolute atomic E-state index is 11.9. The molecule has 40 heavy (non-hydrogen) atoms. The number of likely N-dealkylation sites (N-methyl/N-ethyl adjacent to an activating group) is 1. The second-order valence-corrected chi connectivity index (χ2v) is 10.6. The van der Waals surface area contributed by atoms with E-state index < -0.39 is 0 Å². The fourth-order valence-corrected chi connectivity index (χ4v) is 5.45. The molecule has 1 aromatic carbocycles. The molecule has 5 rings (SSSR count). The molecule has 212 valence electrons. The van der Waals surface area contributed by atoms with Crippen molar-refractivity contribution in [2.24, 2.45) is 0 Å². The molecule has 3 aromatic rings. The Morgan fingerprint density at radius 3 is 2.42 bits per heavy atom. The van der Waals surface area contributed by atoms with E-state index >= 15 is 0 Å². The van der Waals surface area contributed by atoms with Crippen LogP contribution in [-0.4, -0.2) is 98.5 Å². The zero-order valence-corrected chi connectivity index (χ0v) is 24.2. The Bertz CT molecular complexity index is 1420. The number of nitrogens with one attached hydrogen (secondary N) is 2. The molecule has 1 amide bonds. The Morgan fingerprint density at radius 1 is 1.12 bits per heavy atom. The highest BCUT2D eigenvalue weighted by Gasteiger charge is 2.33. The molecule has 0 spiro atoms. The first-order chi connectivity index (χ1) is 19.2. The third-order valence-electron chi connectivity index (χ3n) is 7.18. The van der Waals surface area contributed by atoms with Crippen molar-refractivity contribution < 1.29 is 19.0 Å². The highest BCUT2D eigenvalue weighted by Crippen LogP contribution is 2.46. The molecule has 0 saturated carbocycles. The van der Waals surface area contributed by atoms with E-state index in [0.29, 0.717) is 69.3 Å². The lowest BCUT2D eigenvalue weighted by molar-refractivity contribution is -0.117. The number of methoxy groups -OCH3 is 2. The Labute approximate surface area is 242 Å². The summed E-state index contributed by atoms with van der Waals surface area (Å²) in [5.41, 5.74) is 1.72. The predicted molar refractivity (Wildman–Crippen MR) is 156 cm³/mol. The first-order valence-corrected chi connectivity index (χ1v) is 13.5. The molecule has 11 nitrogen and oxygen atoms in total. The van der Waals surface area contributed by atoms with Crippen molar-refractivity contribution in [3.8, 4) is 22.8 Å². The number of anilines is 2. The zero-order chi connectivity index (χ0) is 28.6. The summed E-state index contributed by atoms with van der Waals surface area (Å²) in [7, 11) is 7.18. The maximum atomic E-state index is 11.9. The van der Waals surface area contributed by atoms with E-state index in [1.807, 2.05) is 6.07 Å². The molecule has 2 aliphatic rings. The van der Waals surface area contributed by atoms with Gasteiger partial charge in [0.05, 0.1) is 55.3 Å². The zero-order valence-electron chi connectivity index (χ0n) is 22.7. The van der Waals surface area contributed by atoms with Gasteiger partial charge in [0, 0.05) is 42.3 Å². The van der Waals surface area contributed by atoms with Gasteiger partial charge in [-0.15, -0.1) is 0 Å². The summed E-state index contributed by atoms with van der Waals surface area (Å²) in [6, 6.07) is 3.43. The number of amides is 1. The predicted octanol–water partition coefficient (Wildman–Crippen LogP) is 3.25. The van der Waals surface area contributed by atoms with E-state index in [0.717, 1.165) is 18.5 Å². The molecule has 2 saturated heterocycles. The fraction of sp³-hybridized carbons (Fsp3) is 0.407. The van der Waals surface area contributed by atoms with Crippen molar-refractivity contribution in [1.29, 1.82) is 0 Å². The summed E-state index contributed by atoms with van der Waals surface area (Å²) < 4.78 is 16.5. The van der Waals surface area contributed by atoms with Crippen molar-refractivity contribution in [1.82, 2.24) is 25.2 Å². The normalized spacial score (nSPS) is 19.0. The van der Waals surface area contributed by atoms with Gasteiger partial charge < -0.3 is 34.6 Å². The number of carbonyl (C=O) groups excluding carboxylic acids is 1. The summed E-state index contributed by atoms with van der Waals surface area (Å²) in [6.07, 6.45) is 2.97. The van der Waals surface area contributed by atoms with Gasteiger partial charge in [0.15, 0.2) is 5.82 Å². The Hall–Kier alpha value is -3.38. The number of benzene rings is 1. The van der Waals surface area contributed by atoms with Gasteiger partial charge in [0.1, 0.15) is 17.0 Å². The minimum Gasteiger partial charge on any atom is -0.495 e. The first kappa shape index (κ1) is 28.2. The van der Waals surface area contributed by atoms with E-state index in [9.17, 15) is 4.79 Å². The highest BCUT2D eigenvalue weighted by atomic mass is 35.5. The molecule has 13 heteroatoms. The standard InChI is InChI=1S/C27H31Cl2N7O4/c1-6-21(37)31-17-12-40-13-18(17)33-27-30-9-14-7-16(22-23(28)19(38-4)8-20(39-5)24(22)29)32-26(25(14)34-27)36-10-15(11-36)35(2)3/h6-9,15,17-18H,1,10-13H2,2-5H3,(H,31,37)(H,30,33,34)/t17-,18+/m0/s1. The number of rotatable bonds is 9. The molecule has 2 aliphatic heterocycles. The van der Waals surface area contributed by atoms with Crippen molar-refractivity contribution in [2.45, 2.75) is 18.1 Å². The third kappa shape index (κ3) is 5.34. The SMILES string of the molecule is C=CC(=O)N[C@H]1COC[C@H]1Nc1ncc2cc(-c3c(Cl)c(OC)cc(OC)c3Cl)nc(N3CC(N(C)C)C3)c2n1. The van der Waals surface area contributed by atoms with Gasteiger partial charge in [-0.3, -0.25) is 4.79 Å².